The van der Waals surface area contributed by atoms with Crippen LogP contribution in [0.4, 0.5) is 14.5 Å². The van der Waals surface area contributed by atoms with E-state index in [2.05, 4.69) is 31.1 Å². The second kappa shape index (κ2) is 7.90. The number of fused-ring (bicyclic) bond motifs is 1. The fourth-order valence-corrected chi connectivity index (χ4v) is 3.92. The number of anilines is 1. The number of pyridine rings is 1. The Morgan fingerprint density at radius 3 is 2.65 bits per heavy atom. The number of carbonyl (C=O) groups excluding carboxylic acids is 1. The van der Waals surface area contributed by atoms with E-state index in [-0.39, 0.29) is 5.69 Å². The van der Waals surface area contributed by atoms with Gasteiger partial charge < -0.3 is 10.1 Å². The molecule has 1 aliphatic carbocycles. The van der Waals surface area contributed by atoms with E-state index >= 15 is 0 Å². The van der Waals surface area contributed by atoms with Crippen LogP contribution in [-0.4, -0.2) is 27.8 Å². The molecule has 3 aromatic rings. The highest BCUT2D eigenvalue weighted by atomic mass is 19.3. The molecule has 0 radical (unpaired) electrons. The third-order valence-corrected chi connectivity index (χ3v) is 6.03. The molecule has 0 atom stereocenters. The van der Waals surface area contributed by atoms with Crippen LogP contribution < -0.4 is 10.1 Å². The average Bonchev–Trinajstić information content (AvgIpc) is 3.07. The van der Waals surface area contributed by atoms with Crippen molar-refractivity contribution in [1.82, 2.24) is 14.8 Å². The molecule has 0 unspecified atom stereocenters. The maximum absolute atomic E-state index is 12.9. The Balaban J connectivity index is 1.57. The molecule has 0 spiro atoms. The molecule has 8 heteroatoms. The lowest BCUT2D eigenvalue weighted by Gasteiger charge is -2.43. The lowest BCUT2D eigenvalue weighted by Crippen LogP contribution is -2.35. The summed E-state index contributed by atoms with van der Waals surface area (Å²) in [6.07, 6.45) is 1.41. The number of aromatic nitrogens is 3. The summed E-state index contributed by atoms with van der Waals surface area (Å²) < 4.78 is 33.2. The molecule has 31 heavy (non-hydrogen) atoms. The summed E-state index contributed by atoms with van der Waals surface area (Å²) in [4.78, 5) is 16.3. The van der Waals surface area contributed by atoms with Gasteiger partial charge in [-0.15, -0.1) is 0 Å². The van der Waals surface area contributed by atoms with Gasteiger partial charge in [0.2, 0.25) is 0 Å². The maximum Gasteiger partial charge on any atom is 0.280 e. The van der Waals surface area contributed by atoms with Crippen molar-refractivity contribution in [2.24, 2.45) is 11.3 Å². The van der Waals surface area contributed by atoms with E-state index in [1.807, 2.05) is 10.9 Å². The van der Waals surface area contributed by atoms with Crippen LogP contribution in [0.3, 0.4) is 0 Å². The van der Waals surface area contributed by atoms with Crippen molar-refractivity contribution in [1.29, 1.82) is 0 Å². The normalized spacial score (nSPS) is 18.8. The summed E-state index contributed by atoms with van der Waals surface area (Å²) in [5.74, 6) is 0.530. The van der Waals surface area contributed by atoms with Crippen LogP contribution in [0.5, 0.6) is 5.75 Å². The highest BCUT2D eigenvalue weighted by Crippen LogP contribution is 2.47. The van der Waals surface area contributed by atoms with E-state index in [1.165, 1.54) is 25.3 Å². The number of methoxy groups -OCH3 is 1. The standard InChI is InChI=1S/C23H26F2N4O2/c1-23(2,3)14-9-15(10-14)29-12-13-8-19(20(31-4)11-18(13)28-29)27-22(30)17-7-5-6-16(26-17)21(24)25/h5-8,11-12,14-15,21H,9-10H2,1-4H3,(H,27,30). The largest absolute Gasteiger partial charge is 0.494 e. The van der Waals surface area contributed by atoms with Gasteiger partial charge in [-0.2, -0.15) is 5.10 Å². The van der Waals surface area contributed by atoms with E-state index in [4.69, 9.17) is 9.84 Å². The molecule has 4 rings (SSSR count). The molecule has 1 aromatic carbocycles. The minimum Gasteiger partial charge on any atom is -0.494 e. The first-order valence-electron chi connectivity index (χ1n) is 10.3. The van der Waals surface area contributed by atoms with Crippen LogP contribution in [0.2, 0.25) is 0 Å². The predicted octanol–water partition coefficient (Wildman–Crippen LogP) is 5.63. The van der Waals surface area contributed by atoms with Gasteiger partial charge in [-0.05, 0) is 42.4 Å². The van der Waals surface area contributed by atoms with Gasteiger partial charge in [0, 0.05) is 17.6 Å². The van der Waals surface area contributed by atoms with Gasteiger partial charge in [-0.1, -0.05) is 26.8 Å². The molecule has 164 valence electrons. The summed E-state index contributed by atoms with van der Waals surface area (Å²) >= 11 is 0. The Labute approximate surface area is 179 Å². The van der Waals surface area contributed by atoms with Gasteiger partial charge in [0.15, 0.2) is 0 Å². The second-order valence-electron chi connectivity index (χ2n) is 9.11. The summed E-state index contributed by atoms with van der Waals surface area (Å²) in [5, 5.41) is 8.28. The minimum absolute atomic E-state index is 0.0849. The molecule has 2 aromatic heterocycles. The Morgan fingerprint density at radius 2 is 2.00 bits per heavy atom. The van der Waals surface area contributed by atoms with E-state index in [0.29, 0.717) is 28.8 Å². The topological polar surface area (TPSA) is 69.0 Å². The van der Waals surface area contributed by atoms with E-state index in [1.54, 1.807) is 12.1 Å². The first kappa shape index (κ1) is 21.2. The molecule has 0 bridgehead atoms. The lowest BCUT2D eigenvalue weighted by atomic mass is 9.66. The highest BCUT2D eigenvalue weighted by Gasteiger charge is 2.38. The molecule has 6 nitrogen and oxygen atoms in total. The highest BCUT2D eigenvalue weighted by molar-refractivity contribution is 6.05. The number of amides is 1. The Hall–Kier alpha value is -3.03. The maximum atomic E-state index is 12.9. The van der Waals surface area contributed by atoms with Crippen molar-refractivity contribution in [3.05, 3.63) is 47.9 Å². The molecule has 1 N–H and O–H groups in total. The SMILES string of the molecule is COc1cc2nn(C3CC(C(C)(C)C)C3)cc2cc1NC(=O)c1cccc(C(F)F)n1. The Morgan fingerprint density at radius 1 is 1.26 bits per heavy atom. The quantitative estimate of drug-likeness (QED) is 0.572. The number of benzene rings is 1. The molecule has 0 saturated heterocycles. The summed E-state index contributed by atoms with van der Waals surface area (Å²) in [6.45, 7) is 6.79. The van der Waals surface area contributed by atoms with Crippen LogP contribution in [-0.2, 0) is 0 Å². The zero-order valence-electron chi connectivity index (χ0n) is 18.0. The van der Waals surface area contributed by atoms with Gasteiger partial charge in [-0.25, -0.2) is 13.8 Å². The number of alkyl halides is 2. The molecular weight excluding hydrogens is 402 g/mol. The van der Waals surface area contributed by atoms with Crippen molar-refractivity contribution in [3.63, 3.8) is 0 Å². The Bertz CT molecular complexity index is 1110. The number of hydrogen-bond donors (Lipinski definition) is 1. The second-order valence-corrected chi connectivity index (χ2v) is 9.11. The van der Waals surface area contributed by atoms with Crippen molar-refractivity contribution in [2.75, 3.05) is 12.4 Å². The molecule has 1 fully saturated rings. The van der Waals surface area contributed by atoms with Crippen LogP contribution in [0.15, 0.2) is 36.5 Å². The predicted molar refractivity (Wildman–Crippen MR) is 115 cm³/mol. The molecule has 0 aliphatic heterocycles. The molecule has 1 amide bonds. The summed E-state index contributed by atoms with van der Waals surface area (Å²) in [7, 11) is 1.50. The third kappa shape index (κ3) is 4.24. The van der Waals surface area contributed by atoms with Crippen molar-refractivity contribution in [3.8, 4) is 5.75 Å². The van der Waals surface area contributed by atoms with Crippen molar-refractivity contribution in [2.45, 2.75) is 46.1 Å². The van der Waals surface area contributed by atoms with Crippen LogP contribution in [0, 0.1) is 11.3 Å². The van der Waals surface area contributed by atoms with E-state index in [0.717, 1.165) is 23.7 Å². The van der Waals surface area contributed by atoms with Crippen LogP contribution in [0.1, 0.15) is 62.3 Å². The molecule has 1 saturated carbocycles. The van der Waals surface area contributed by atoms with Crippen molar-refractivity contribution < 1.29 is 18.3 Å². The minimum atomic E-state index is -2.74. The van der Waals surface area contributed by atoms with Gasteiger partial charge in [-0.3, -0.25) is 9.48 Å². The Kier molecular flexibility index (Phi) is 5.41. The molecular formula is C23H26F2N4O2. The van der Waals surface area contributed by atoms with Gasteiger partial charge >= 0.3 is 0 Å². The average molecular weight is 428 g/mol. The van der Waals surface area contributed by atoms with Crippen LogP contribution >= 0.6 is 0 Å². The number of halogens is 2. The first-order valence-corrected chi connectivity index (χ1v) is 10.3. The monoisotopic (exact) mass is 428 g/mol. The fraction of sp³-hybridized carbons (Fsp3) is 0.435. The number of ether oxygens (including phenoxy) is 1. The third-order valence-electron chi connectivity index (χ3n) is 6.03. The molecule has 1 aliphatic rings. The number of rotatable bonds is 5. The zero-order chi connectivity index (χ0) is 22.3. The van der Waals surface area contributed by atoms with E-state index < -0.39 is 18.0 Å². The number of hydrogen-bond acceptors (Lipinski definition) is 4. The smallest absolute Gasteiger partial charge is 0.280 e. The summed E-state index contributed by atoms with van der Waals surface area (Å²) in [6, 6.07) is 7.88. The first-order chi connectivity index (χ1) is 14.7. The van der Waals surface area contributed by atoms with Crippen molar-refractivity contribution >= 4 is 22.5 Å². The summed E-state index contributed by atoms with van der Waals surface area (Å²) in [5.41, 5.74) is 0.972. The number of nitrogens with one attached hydrogen (secondary N) is 1. The number of nitrogens with zero attached hydrogens (tertiary/aromatic N) is 3. The lowest BCUT2D eigenvalue weighted by molar-refractivity contribution is 0.0757. The van der Waals surface area contributed by atoms with Crippen LogP contribution in [0.25, 0.3) is 10.9 Å². The fourth-order valence-electron chi connectivity index (χ4n) is 3.92. The van der Waals surface area contributed by atoms with Gasteiger partial charge in [0.25, 0.3) is 12.3 Å². The molecule has 2 heterocycles. The van der Waals surface area contributed by atoms with E-state index in [9.17, 15) is 13.6 Å². The van der Waals surface area contributed by atoms with Gasteiger partial charge in [0.05, 0.1) is 24.4 Å². The zero-order valence-corrected chi connectivity index (χ0v) is 18.0. The van der Waals surface area contributed by atoms with Gasteiger partial charge in [0.1, 0.15) is 17.1 Å². The number of carbonyl (C=O) groups is 1.